The molecule has 5 heteroatoms. The lowest BCUT2D eigenvalue weighted by Gasteiger charge is -2.23. The van der Waals surface area contributed by atoms with Gasteiger partial charge in [0.15, 0.2) is 0 Å². The second-order valence-electron chi connectivity index (χ2n) is 5.20. The molecule has 0 atom stereocenters. The second kappa shape index (κ2) is 4.57. The van der Waals surface area contributed by atoms with E-state index in [1.165, 1.54) is 12.8 Å². The Morgan fingerprint density at radius 1 is 1.44 bits per heavy atom. The third-order valence-electron chi connectivity index (χ3n) is 3.61. The summed E-state index contributed by atoms with van der Waals surface area (Å²) in [5, 5.41) is 0. The summed E-state index contributed by atoms with van der Waals surface area (Å²) in [5.74, 6) is 6.21. The van der Waals surface area contributed by atoms with Crippen molar-refractivity contribution < 1.29 is 4.79 Å². The van der Waals surface area contributed by atoms with Gasteiger partial charge >= 0.3 is 0 Å². The zero-order valence-corrected chi connectivity index (χ0v) is 10.3. The summed E-state index contributed by atoms with van der Waals surface area (Å²) in [4.78, 5) is 18.6. The molecule has 0 saturated heterocycles. The minimum atomic E-state index is 0.0606. The maximum Gasteiger partial charge on any atom is 0.257 e. The van der Waals surface area contributed by atoms with E-state index in [1.54, 1.807) is 18.5 Å². The first-order valence-corrected chi connectivity index (χ1v) is 6.51. The fraction of sp³-hybridized carbons (Fsp3) is 0.538. The number of pyridine rings is 1. The zero-order valence-electron chi connectivity index (χ0n) is 10.3. The van der Waals surface area contributed by atoms with Crippen molar-refractivity contribution in [3.8, 4) is 0 Å². The van der Waals surface area contributed by atoms with Crippen LogP contribution in [0.5, 0.6) is 0 Å². The molecule has 0 spiro atoms. The largest absolute Gasteiger partial charge is 0.335 e. The third kappa shape index (κ3) is 2.31. The molecule has 0 unspecified atom stereocenters. The summed E-state index contributed by atoms with van der Waals surface area (Å²) < 4.78 is 0. The predicted molar refractivity (Wildman–Crippen MR) is 68.8 cm³/mol. The summed E-state index contributed by atoms with van der Waals surface area (Å²) >= 11 is 0. The van der Waals surface area contributed by atoms with Crippen LogP contribution in [0.15, 0.2) is 18.5 Å². The van der Waals surface area contributed by atoms with Gasteiger partial charge in [0.1, 0.15) is 0 Å². The fourth-order valence-electron chi connectivity index (χ4n) is 2.21. The molecule has 2 saturated carbocycles. The highest BCUT2D eigenvalue weighted by Gasteiger charge is 2.37. The number of hydrogen-bond donors (Lipinski definition) is 2. The Balaban J connectivity index is 1.81. The summed E-state index contributed by atoms with van der Waals surface area (Å²) in [7, 11) is 0. The van der Waals surface area contributed by atoms with Crippen LogP contribution in [0.3, 0.4) is 0 Å². The van der Waals surface area contributed by atoms with Crippen LogP contribution in [0.25, 0.3) is 0 Å². The highest BCUT2D eigenvalue weighted by atomic mass is 16.2. The molecule has 96 valence electrons. The Bertz CT molecular complexity index is 454. The number of anilines is 1. The third-order valence-corrected chi connectivity index (χ3v) is 3.61. The molecule has 0 aliphatic heterocycles. The lowest BCUT2D eigenvalue weighted by atomic mass is 10.2. The topological polar surface area (TPSA) is 71.2 Å². The van der Waals surface area contributed by atoms with Crippen molar-refractivity contribution in [1.82, 2.24) is 9.88 Å². The smallest absolute Gasteiger partial charge is 0.257 e. The van der Waals surface area contributed by atoms with E-state index in [9.17, 15) is 4.79 Å². The normalized spacial score (nSPS) is 18.5. The minimum absolute atomic E-state index is 0.0606. The molecule has 1 aromatic heterocycles. The first kappa shape index (κ1) is 11.5. The number of nitrogens with two attached hydrogens (primary N) is 1. The standard InChI is InChI=1S/C13H18N4O/c14-16-12-5-6-15-7-11(12)13(18)17(10-3-4-10)8-9-1-2-9/h5-7,9-10H,1-4,8,14H2,(H,15,16). The number of nitrogens with one attached hydrogen (secondary N) is 1. The van der Waals surface area contributed by atoms with Crippen LogP contribution in [0.1, 0.15) is 36.0 Å². The van der Waals surface area contributed by atoms with Crippen LogP contribution < -0.4 is 11.3 Å². The number of nitrogens with zero attached hydrogens (tertiary/aromatic N) is 2. The first-order valence-electron chi connectivity index (χ1n) is 6.51. The lowest BCUT2D eigenvalue weighted by Crippen LogP contribution is -2.35. The predicted octanol–water partition coefficient (Wildman–Crippen LogP) is 1.38. The van der Waals surface area contributed by atoms with Gasteiger partial charge < -0.3 is 10.3 Å². The van der Waals surface area contributed by atoms with Crippen molar-refractivity contribution in [3.63, 3.8) is 0 Å². The number of carbonyl (C=O) groups excluding carboxylic acids is 1. The average Bonchev–Trinajstić information content (AvgIpc) is 3.28. The molecule has 2 aliphatic carbocycles. The van der Waals surface area contributed by atoms with Crippen molar-refractivity contribution in [3.05, 3.63) is 24.0 Å². The molecule has 1 aromatic rings. The van der Waals surface area contributed by atoms with E-state index in [4.69, 9.17) is 5.84 Å². The van der Waals surface area contributed by atoms with Crippen LogP contribution in [-0.4, -0.2) is 28.4 Å². The number of aromatic nitrogens is 1. The minimum Gasteiger partial charge on any atom is -0.335 e. The molecular formula is C13H18N4O. The Morgan fingerprint density at radius 2 is 2.22 bits per heavy atom. The molecule has 1 heterocycles. The monoisotopic (exact) mass is 246 g/mol. The van der Waals surface area contributed by atoms with Crippen molar-refractivity contribution in [2.24, 2.45) is 11.8 Å². The molecule has 0 radical (unpaired) electrons. The van der Waals surface area contributed by atoms with Crippen molar-refractivity contribution in [2.75, 3.05) is 12.0 Å². The van der Waals surface area contributed by atoms with E-state index in [2.05, 4.69) is 10.4 Å². The summed E-state index contributed by atoms with van der Waals surface area (Å²) in [6.07, 6.45) is 8.00. The number of rotatable bonds is 5. The summed E-state index contributed by atoms with van der Waals surface area (Å²) in [6, 6.07) is 2.17. The molecule has 2 fully saturated rings. The van der Waals surface area contributed by atoms with Crippen molar-refractivity contribution in [2.45, 2.75) is 31.7 Å². The van der Waals surface area contributed by atoms with E-state index >= 15 is 0 Å². The Labute approximate surface area is 106 Å². The van der Waals surface area contributed by atoms with E-state index in [0.29, 0.717) is 23.2 Å². The number of nitrogen functional groups attached to an aromatic ring is 1. The van der Waals surface area contributed by atoms with Crippen LogP contribution in [0.2, 0.25) is 0 Å². The molecule has 0 bridgehead atoms. The average molecular weight is 246 g/mol. The molecule has 0 aromatic carbocycles. The van der Waals surface area contributed by atoms with Gasteiger partial charge in [0.25, 0.3) is 5.91 Å². The van der Waals surface area contributed by atoms with Gasteiger partial charge in [-0.2, -0.15) is 0 Å². The van der Waals surface area contributed by atoms with Crippen LogP contribution in [-0.2, 0) is 0 Å². The van der Waals surface area contributed by atoms with Crippen LogP contribution in [0, 0.1) is 5.92 Å². The van der Waals surface area contributed by atoms with E-state index < -0.39 is 0 Å². The van der Waals surface area contributed by atoms with Gasteiger partial charge in [0.2, 0.25) is 0 Å². The number of hydrogen-bond acceptors (Lipinski definition) is 4. The Morgan fingerprint density at radius 3 is 2.83 bits per heavy atom. The van der Waals surface area contributed by atoms with Gasteiger partial charge in [-0.25, -0.2) is 0 Å². The maximum absolute atomic E-state index is 12.6. The highest BCUT2D eigenvalue weighted by Crippen LogP contribution is 2.36. The number of amides is 1. The van der Waals surface area contributed by atoms with Gasteiger partial charge in [-0.3, -0.25) is 15.6 Å². The Hall–Kier alpha value is -1.62. The first-order chi connectivity index (χ1) is 8.79. The van der Waals surface area contributed by atoms with Gasteiger partial charge in [0, 0.05) is 25.0 Å². The maximum atomic E-state index is 12.6. The van der Waals surface area contributed by atoms with Gasteiger partial charge in [-0.05, 0) is 37.7 Å². The van der Waals surface area contributed by atoms with Gasteiger partial charge in [-0.15, -0.1) is 0 Å². The highest BCUT2D eigenvalue weighted by molar-refractivity contribution is 5.99. The fourth-order valence-corrected chi connectivity index (χ4v) is 2.21. The van der Waals surface area contributed by atoms with E-state index in [1.807, 2.05) is 4.90 Å². The van der Waals surface area contributed by atoms with E-state index in [0.717, 1.165) is 19.4 Å². The number of carbonyl (C=O) groups is 1. The van der Waals surface area contributed by atoms with Gasteiger partial charge in [-0.1, -0.05) is 0 Å². The number of hydrazine groups is 1. The molecule has 1 amide bonds. The molecule has 3 rings (SSSR count). The summed E-state index contributed by atoms with van der Waals surface area (Å²) in [5.41, 5.74) is 3.80. The van der Waals surface area contributed by atoms with E-state index in [-0.39, 0.29) is 5.91 Å². The van der Waals surface area contributed by atoms with Crippen molar-refractivity contribution in [1.29, 1.82) is 0 Å². The van der Waals surface area contributed by atoms with Crippen LogP contribution in [0.4, 0.5) is 5.69 Å². The zero-order chi connectivity index (χ0) is 12.5. The quantitative estimate of drug-likeness (QED) is 0.608. The van der Waals surface area contributed by atoms with Gasteiger partial charge in [0.05, 0.1) is 11.3 Å². The molecular weight excluding hydrogens is 228 g/mol. The second-order valence-corrected chi connectivity index (χ2v) is 5.20. The Kier molecular flexibility index (Phi) is 2.91. The molecule has 5 nitrogen and oxygen atoms in total. The lowest BCUT2D eigenvalue weighted by molar-refractivity contribution is 0.0735. The molecule has 18 heavy (non-hydrogen) atoms. The molecule has 2 aliphatic rings. The SMILES string of the molecule is NNc1ccncc1C(=O)N(CC1CC1)C1CC1. The molecule has 3 N–H and O–H groups in total. The van der Waals surface area contributed by atoms with Crippen molar-refractivity contribution >= 4 is 11.6 Å². The summed E-state index contributed by atoms with van der Waals surface area (Å²) in [6.45, 7) is 0.891. The van der Waals surface area contributed by atoms with Crippen LogP contribution >= 0.6 is 0 Å².